The Morgan fingerprint density at radius 1 is 1.07 bits per heavy atom. The third-order valence-corrected chi connectivity index (χ3v) is 5.34. The molecule has 13 heteroatoms. The molecule has 2 aliphatic rings. The van der Waals surface area contributed by atoms with Gasteiger partial charge in [0.25, 0.3) is 15.9 Å². The third-order valence-electron chi connectivity index (χ3n) is 4.06. The van der Waals surface area contributed by atoms with Crippen LogP contribution in [0.25, 0.3) is 6.08 Å². The molecule has 1 aromatic rings. The number of carbonyl (C=O) groups is 2. The van der Waals surface area contributed by atoms with Crippen molar-refractivity contribution in [2.75, 3.05) is 6.61 Å². The maximum Gasteiger partial charge on any atom is 0.326 e. The van der Waals surface area contributed by atoms with E-state index < -0.39 is 46.5 Å². The van der Waals surface area contributed by atoms with Crippen LogP contribution in [0.3, 0.4) is 0 Å². The van der Waals surface area contributed by atoms with Crippen molar-refractivity contribution in [3.05, 3.63) is 35.5 Å². The molecule has 0 unspecified atom stereocenters. The summed E-state index contributed by atoms with van der Waals surface area (Å²) in [4.78, 5) is 24.4. The van der Waals surface area contributed by atoms with Crippen molar-refractivity contribution in [2.24, 2.45) is 0 Å². The summed E-state index contributed by atoms with van der Waals surface area (Å²) in [6.07, 6.45) is -4.20. The van der Waals surface area contributed by atoms with Gasteiger partial charge in [0.2, 0.25) is 0 Å². The highest BCUT2D eigenvalue weighted by molar-refractivity contribution is 7.89. The van der Waals surface area contributed by atoms with Crippen LogP contribution in [0.2, 0.25) is 0 Å². The highest BCUT2D eigenvalue weighted by Gasteiger charge is 2.38. The van der Waals surface area contributed by atoms with E-state index in [0.717, 1.165) is 0 Å². The highest BCUT2D eigenvalue weighted by atomic mass is 32.2. The average Bonchev–Trinajstić information content (AvgIpc) is 2.96. The molecule has 0 spiro atoms. The van der Waals surface area contributed by atoms with E-state index in [0.29, 0.717) is 5.56 Å². The third kappa shape index (κ3) is 4.36. The molecular formula is C15H18N4O8S. The number of rotatable bonds is 5. The molecule has 28 heavy (non-hydrogen) atoms. The average molecular weight is 414 g/mol. The van der Waals surface area contributed by atoms with Crippen LogP contribution in [0.5, 0.6) is 0 Å². The van der Waals surface area contributed by atoms with Crippen molar-refractivity contribution in [3.8, 4) is 0 Å². The molecule has 0 bridgehead atoms. The summed E-state index contributed by atoms with van der Waals surface area (Å²) < 4.78 is 29.7. The molecule has 2 aliphatic heterocycles. The Bertz CT molecular complexity index is 901. The fourth-order valence-corrected chi connectivity index (χ4v) is 3.40. The van der Waals surface area contributed by atoms with Gasteiger partial charge in [-0.25, -0.2) is 18.6 Å². The molecule has 2 heterocycles. The fourth-order valence-electron chi connectivity index (χ4n) is 2.52. The predicted molar refractivity (Wildman–Crippen MR) is 92.3 cm³/mol. The van der Waals surface area contributed by atoms with Gasteiger partial charge in [0.15, 0.2) is 0 Å². The lowest BCUT2D eigenvalue weighted by Gasteiger charge is -2.35. The van der Waals surface area contributed by atoms with E-state index in [1.165, 1.54) is 30.3 Å². The van der Waals surface area contributed by atoms with Crippen molar-refractivity contribution in [3.63, 3.8) is 0 Å². The molecule has 4 atom stereocenters. The minimum atomic E-state index is -4.04. The van der Waals surface area contributed by atoms with Gasteiger partial charge < -0.3 is 25.4 Å². The summed E-state index contributed by atoms with van der Waals surface area (Å²) in [5.74, 6) is -0.592. The van der Waals surface area contributed by atoms with Crippen LogP contribution in [-0.2, 0) is 19.6 Å². The molecule has 2 fully saturated rings. The largest absolute Gasteiger partial charge is 0.388 e. The van der Waals surface area contributed by atoms with Crippen LogP contribution in [0, 0.1) is 0 Å². The molecule has 2 saturated heterocycles. The van der Waals surface area contributed by atoms with Gasteiger partial charge in [0, 0.05) is 0 Å². The summed E-state index contributed by atoms with van der Waals surface area (Å²) >= 11 is 0. The molecule has 7 N–H and O–H groups in total. The number of hydrogen-bond donors (Lipinski definition) is 7. The van der Waals surface area contributed by atoms with E-state index >= 15 is 0 Å². The normalized spacial score (nSPS) is 29.6. The number of hydrogen-bond acceptors (Lipinski definition) is 9. The molecule has 0 saturated carbocycles. The summed E-state index contributed by atoms with van der Waals surface area (Å²) in [6.45, 7) is -0.287. The van der Waals surface area contributed by atoms with Gasteiger partial charge in [0.1, 0.15) is 30.2 Å². The molecule has 0 radical (unpaired) electrons. The number of aliphatic hydroxyl groups is 3. The zero-order chi connectivity index (χ0) is 20.5. The topological polar surface area (TPSA) is 186 Å². The zero-order valence-corrected chi connectivity index (χ0v) is 15.0. The number of urea groups is 1. The first-order chi connectivity index (χ1) is 13.2. The second-order valence-electron chi connectivity index (χ2n) is 6.09. The Labute approximate surface area is 159 Å². The molecule has 12 nitrogen and oxygen atoms in total. The van der Waals surface area contributed by atoms with E-state index in [1.54, 1.807) is 0 Å². The van der Waals surface area contributed by atoms with Crippen LogP contribution in [-0.4, -0.2) is 66.8 Å². The number of imide groups is 1. The summed E-state index contributed by atoms with van der Waals surface area (Å²) in [5, 5.41) is 33.1. The predicted octanol–water partition coefficient (Wildman–Crippen LogP) is -2.91. The van der Waals surface area contributed by atoms with Crippen LogP contribution >= 0.6 is 0 Å². The summed E-state index contributed by atoms with van der Waals surface area (Å²) in [5.41, 5.74) is 2.76. The molecular weight excluding hydrogens is 396 g/mol. The minimum absolute atomic E-state index is 0.0320. The highest BCUT2D eigenvalue weighted by Crippen LogP contribution is 2.15. The molecule has 3 rings (SSSR count). The van der Waals surface area contributed by atoms with Crippen molar-refractivity contribution in [1.82, 2.24) is 20.9 Å². The van der Waals surface area contributed by atoms with Crippen molar-refractivity contribution in [1.29, 1.82) is 0 Å². The maximum absolute atomic E-state index is 12.3. The maximum atomic E-state index is 12.3. The van der Waals surface area contributed by atoms with Gasteiger partial charge in [-0.15, -0.1) is 4.83 Å². The molecule has 0 aromatic heterocycles. The van der Waals surface area contributed by atoms with Crippen molar-refractivity contribution in [2.45, 2.75) is 29.4 Å². The standard InChI is InChI=1S/C15H18N4O8S/c20-10-6-27-14(12(22)11(10)21)18-19-28(25,26)8-3-1-7(2-4-8)5-9-13(23)17-15(24)16-9/h1-5,10-12,14,18-22H,6H2,(H2,16,17,23,24)/b9-5-/t10-,11-,12+,14+/m0/s1. The zero-order valence-electron chi connectivity index (χ0n) is 14.2. The van der Waals surface area contributed by atoms with E-state index in [2.05, 4.69) is 10.7 Å². The van der Waals surface area contributed by atoms with Gasteiger partial charge in [-0.1, -0.05) is 12.1 Å². The summed E-state index contributed by atoms with van der Waals surface area (Å²) in [6, 6.07) is 4.73. The Morgan fingerprint density at radius 2 is 1.75 bits per heavy atom. The smallest absolute Gasteiger partial charge is 0.326 e. The monoisotopic (exact) mass is 414 g/mol. The van der Waals surface area contributed by atoms with Gasteiger partial charge in [-0.3, -0.25) is 10.1 Å². The number of sulfonamides is 1. The first kappa shape index (κ1) is 20.3. The van der Waals surface area contributed by atoms with E-state index in [9.17, 15) is 33.3 Å². The number of ether oxygens (including phenoxy) is 1. The Balaban J connectivity index is 1.65. The second kappa shape index (κ2) is 7.92. The van der Waals surface area contributed by atoms with Crippen LogP contribution in [0.1, 0.15) is 5.56 Å². The lowest BCUT2D eigenvalue weighted by atomic mass is 10.1. The minimum Gasteiger partial charge on any atom is -0.388 e. The first-order valence-electron chi connectivity index (χ1n) is 8.04. The van der Waals surface area contributed by atoms with Gasteiger partial charge in [0.05, 0.1) is 11.5 Å². The fraction of sp³-hybridized carbons (Fsp3) is 0.333. The number of nitrogens with one attached hydrogen (secondary N) is 4. The van der Waals surface area contributed by atoms with Crippen LogP contribution in [0.15, 0.2) is 34.9 Å². The number of benzene rings is 1. The Hall–Kier alpha value is -2.39. The lowest BCUT2D eigenvalue weighted by molar-refractivity contribution is -0.196. The quantitative estimate of drug-likeness (QED) is 0.151. The Morgan fingerprint density at radius 3 is 2.36 bits per heavy atom. The summed E-state index contributed by atoms with van der Waals surface area (Å²) in [7, 11) is -4.04. The van der Waals surface area contributed by atoms with Crippen molar-refractivity contribution >= 4 is 28.0 Å². The van der Waals surface area contributed by atoms with Gasteiger partial charge in [-0.2, -0.15) is 0 Å². The van der Waals surface area contributed by atoms with E-state index in [-0.39, 0.29) is 17.2 Å². The molecule has 1 aromatic carbocycles. The van der Waals surface area contributed by atoms with Crippen LogP contribution < -0.4 is 20.9 Å². The number of carbonyl (C=O) groups excluding carboxylic acids is 2. The first-order valence-corrected chi connectivity index (χ1v) is 9.53. The van der Waals surface area contributed by atoms with E-state index in [1.807, 2.05) is 10.1 Å². The number of hydrazine groups is 1. The molecule has 3 amide bonds. The van der Waals surface area contributed by atoms with Gasteiger partial charge >= 0.3 is 6.03 Å². The van der Waals surface area contributed by atoms with E-state index in [4.69, 9.17) is 4.74 Å². The van der Waals surface area contributed by atoms with Crippen LogP contribution in [0.4, 0.5) is 4.79 Å². The Kier molecular flexibility index (Phi) is 5.76. The SMILES string of the molecule is O=C1NC(=O)/C(=C/c2ccc(S(=O)(=O)NN[C@@H]3OC[C@H](O)[C@H](O)[C@H]3O)cc2)N1. The number of amides is 3. The van der Waals surface area contributed by atoms with Crippen molar-refractivity contribution < 1.29 is 38.1 Å². The lowest BCUT2D eigenvalue weighted by Crippen LogP contribution is -2.61. The number of aliphatic hydroxyl groups excluding tert-OH is 3. The molecule has 0 aliphatic carbocycles. The molecule has 152 valence electrons. The second-order valence-corrected chi connectivity index (χ2v) is 7.77. The van der Waals surface area contributed by atoms with Gasteiger partial charge in [-0.05, 0) is 23.8 Å².